The largest absolute Gasteiger partial charge is 0.481 e. The number of carboxylic acid groups (broad SMARTS) is 1. The summed E-state index contributed by atoms with van der Waals surface area (Å²) < 4.78 is 0. The van der Waals surface area contributed by atoms with Crippen LogP contribution in [0, 0.1) is 0 Å². The molecular weight excluding hydrogens is 214 g/mol. The first-order valence-electron chi connectivity index (χ1n) is 4.70. The van der Waals surface area contributed by atoms with Gasteiger partial charge < -0.3 is 10.8 Å². The van der Waals surface area contributed by atoms with Gasteiger partial charge in [-0.15, -0.1) is 12.4 Å². The third-order valence-corrected chi connectivity index (χ3v) is 2.08. The lowest BCUT2D eigenvalue weighted by Crippen LogP contribution is -2.24. The number of hydrogen-bond donors (Lipinski definition) is 2. The van der Waals surface area contributed by atoms with Gasteiger partial charge in [-0.25, -0.2) is 0 Å². The number of aryl methyl sites for hydroxylation is 1. The van der Waals surface area contributed by atoms with E-state index in [1.54, 1.807) is 0 Å². The Morgan fingerprint density at radius 1 is 1.33 bits per heavy atom. The molecule has 84 valence electrons. The van der Waals surface area contributed by atoms with E-state index in [9.17, 15) is 4.79 Å². The summed E-state index contributed by atoms with van der Waals surface area (Å²) in [5.74, 6) is -0.828. The molecule has 0 aliphatic rings. The van der Waals surface area contributed by atoms with Crippen LogP contribution in [0.25, 0.3) is 0 Å². The molecule has 0 heterocycles. The first-order valence-corrected chi connectivity index (χ1v) is 4.70. The third-order valence-electron chi connectivity index (χ3n) is 2.08. The molecule has 0 aliphatic heterocycles. The highest BCUT2D eigenvalue weighted by Crippen LogP contribution is 2.05. The zero-order chi connectivity index (χ0) is 10.4. The van der Waals surface area contributed by atoms with Gasteiger partial charge in [0, 0.05) is 6.04 Å². The molecule has 0 amide bonds. The number of carboxylic acids is 1. The summed E-state index contributed by atoms with van der Waals surface area (Å²) in [7, 11) is 0. The first-order chi connectivity index (χ1) is 6.68. The predicted octanol–water partition coefficient (Wildman–Crippen LogP) is 1.84. The number of benzene rings is 1. The van der Waals surface area contributed by atoms with Crippen molar-refractivity contribution in [2.75, 3.05) is 0 Å². The summed E-state index contributed by atoms with van der Waals surface area (Å²) in [6, 6.07) is 9.70. The van der Waals surface area contributed by atoms with Crippen molar-refractivity contribution in [1.82, 2.24) is 0 Å². The van der Waals surface area contributed by atoms with Gasteiger partial charge in [0.15, 0.2) is 0 Å². The highest BCUT2D eigenvalue weighted by Gasteiger charge is 2.07. The molecule has 1 unspecified atom stereocenters. The average molecular weight is 230 g/mol. The summed E-state index contributed by atoms with van der Waals surface area (Å²) in [6.45, 7) is 0. The zero-order valence-electron chi connectivity index (χ0n) is 8.43. The van der Waals surface area contributed by atoms with Gasteiger partial charge in [-0.2, -0.15) is 0 Å². The van der Waals surface area contributed by atoms with Gasteiger partial charge in [0.05, 0.1) is 6.42 Å². The van der Waals surface area contributed by atoms with Crippen molar-refractivity contribution in [3.05, 3.63) is 35.9 Å². The van der Waals surface area contributed by atoms with Gasteiger partial charge in [-0.1, -0.05) is 30.3 Å². The second-order valence-electron chi connectivity index (χ2n) is 3.38. The predicted molar refractivity (Wildman–Crippen MR) is 62.2 cm³/mol. The lowest BCUT2D eigenvalue weighted by molar-refractivity contribution is -0.137. The fraction of sp³-hybridized carbons (Fsp3) is 0.364. The highest BCUT2D eigenvalue weighted by molar-refractivity contribution is 5.85. The molecule has 15 heavy (non-hydrogen) atoms. The number of carbonyl (C=O) groups is 1. The van der Waals surface area contributed by atoms with E-state index in [1.807, 2.05) is 30.3 Å². The van der Waals surface area contributed by atoms with Crippen molar-refractivity contribution >= 4 is 18.4 Å². The summed E-state index contributed by atoms with van der Waals surface area (Å²) in [4.78, 5) is 10.3. The van der Waals surface area contributed by atoms with Crippen molar-refractivity contribution in [2.24, 2.45) is 5.73 Å². The topological polar surface area (TPSA) is 63.3 Å². The van der Waals surface area contributed by atoms with Gasteiger partial charge in [-0.3, -0.25) is 4.79 Å². The van der Waals surface area contributed by atoms with E-state index >= 15 is 0 Å². The number of rotatable bonds is 5. The van der Waals surface area contributed by atoms with Crippen molar-refractivity contribution in [3.63, 3.8) is 0 Å². The van der Waals surface area contributed by atoms with E-state index in [4.69, 9.17) is 10.8 Å². The lowest BCUT2D eigenvalue weighted by atomic mass is 10.0. The molecule has 0 bridgehead atoms. The Kier molecular flexibility index (Phi) is 6.75. The van der Waals surface area contributed by atoms with Crippen molar-refractivity contribution in [1.29, 1.82) is 0 Å². The third kappa shape index (κ3) is 6.10. The maximum atomic E-state index is 10.3. The number of nitrogens with two attached hydrogens (primary N) is 1. The van der Waals surface area contributed by atoms with E-state index < -0.39 is 5.97 Å². The second-order valence-corrected chi connectivity index (χ2v) is 3.38. The summed E-state index contributed by atoms with van der Waals surface area (Å²) in [5, 5.41) is 8.50. The zero-order valence-corrected chi connectivity index (χ0v) is 9.24. The fourth-order valence-corrected chi connectivity index (χ4v) is 1.32. The maximum absolute atomic E-state index is 10.3. The Balaban J connectivity index is 0.00000196. The molecule has 0 radical (unpaired) electrons. The van der Waals surface area contributed by atoms with Crippen LogP contribution in [-0.2, 0) is 11.2 Å². The number of hydrogen-bond acceptors (Lipinski definition) is 2. The normalized spacial score (nSPS) is 11.5. The highest BCUT2D eigenvalue weighted by atomic mass is 35.5. The minimum atomic E-state index is -0.828. The number of aliphatic carboxylic acids is 1. The molecule has 1 rings (SSSR count). The van der Waals surface area contributed by atoms with Gasteiger partial charge in [-0.05, 0) is 18.4 Å². The van der Waals surface area contributed by atoms with Gasteiger partial charge in [0.25, 0.3) is 0 Å². The molecule has 0 aromatic heterocycles. The van der Waals surface area contributed by atoms with Crippen LogP contribution in [0.3, 0.4) is 0 Å². The molecule has 4 heteroatoms. The van der Waals surface area contributed by atoms with Crippen LogP contribution in [0.1, 0.15) is 18.4 Å². The van der Waals surface area contributed by atoms with Crippen LogP contribution in [0.4, 0.5) is 0 Å². The molecular formula is C11H16ClNO2. The Labute approximate surface area is 95.7 Å². The SMILES string of the molecule is Cl.NC(CCc1ccccc1)CC(=O)O. The van der Waals surface area contributed by atoms with Crippen LogP contribution in [-0.4, -0.2) is 17.1 Å². The molecule has 0 spiro atoms. The number of halogens is 1. The van der Waals surface area contributed by atoms with Crippen molar-refractivity contribution < 1.29 is 9.90 Å². The standard InChI is InChI=1S/C11H15NO2.ClH/c12-10(8-11(13)14)7-6-9-4-2-1-3-5-9;/h1-5,10H,6-8,12H2,(H,13,14);1H. The first kappa shape index (κ1) is 13.9. The molecule has 1 aromatic rings. The van der Waals surface area contributed by atoms with E-state index in [0.717, 1.165) is 12.8 Å². The van der Waals surface area contributed by atoms with Crippen LogP contribution in [0.2, 0.25) is 0 Å². The Bertz CT molecular complexity index is 290. The van der Waals surface area contributed by atoms with Crippen molar-refractivity contribution in [2.45, 2.75) is 25.3 Å². The monoisotopic (exact) mass is 229 g/mol. The van der Waals surface area contributed by atoms with E-state index in [1.165, 1.54) is 5.56 Å². The molecule has 0 fully saturated rings. The van der Waals surface area contributed by atoms with Crippen LogP contribution in [0.15, 0.2) is 30.3 Å². The molecule has 3 nitrogen and oxygen atoms in total. The van der Waals surface area contributed by atoms with Crippen LogP contribution in [0.5, 0.6) is 0 Å². The van der Waals surface area contributed by atoms with Gasteiger partial charge >= 0.3 is 5.97 Å². The summed E-state index contributed by atoms with van der Waals surface area (Å²) in [5.41, 5.74) is 6.84. The molecule has 0 saturated carbocycles. The Morgan fingerprint density at radius 3 is 2.47 bits per heavy atom. The van der Waals surface area contributed by atoms with Gasteiger partial charge in [0.1, 0.15) is 0 Å². The smallest absolute Gasteiger partial charge is 0.304 e. The van der Waals surface area contributed by atoms with Crippen LogP contribution >= 0.6 is 12.4 Å². The summed E-state index contributed by atoms with van der Waals surface area (Å²) >= 11 is 0. The second kappa shape index (κ2) is 7.26. The minimum Gasteiger partial charge on any atom is -0.481 e. The van der Waals surface area contributed by atoms with Crippen molar-refractivity contribution in [3.8, 4) is 0 Å². The quantitative estimate of drug-likeness (QED) is 0.810. The van der Waals surface area contributed by atoms with E-state index in [-0.39, 0.29) is 24.9 Å². The average Bonchev–Trinajstić information content (AvgIpc) is 2.15. The minimum absolute atomic E-state index is 0. The van der Waals surface area contributed by atoms with E-state index in [2.05, 4.69) is 0 Å². The molecule has 1 aromatic carbocycles. The molecule has 0 saturated heterocycles. The van der Waals surface area contributed by atoms with E-state index in [0.29, 0.717) is 0 Å². The van der Waals surface area contributed by atoms with Crippen LogP contribution < -0.4 is 5.73 Å². The maximum Gasteiger partial charge on any atom is 0.304 e. The molecule has 3 N–H and O–H groups in total. The summed E-state index contributed by atoms with van der Waals surface area (Å²) in [6.07, 6.45) is 1.61. The molecule has 0 aliphatic carbocycles. The Hall–Kier alpha value is -1.06. The van der Waals surface area contributed by atoms with Gasteiger partial charge in [0.2, 0.25) is 0 Å². The lowest BCUT2D eigenvalue weighted by Gasteiger charge is -2.08. The fourth-order valence-electron chi connectivity index (χ4n) is 1.32. The Morgan fingerprint density at radius 2 is 1.93 bits per heavy atom. The molecule has 1 atom stereocenters.